The van der Waals surface area contributed by atoms with Crippen molar-refractivity contribution in [1.82, 2.24) is 19.5 Å². The minimum atomic E-state index is -0.0389. The number of hydrogen-bond donors (Lipinski definition) is 0. The summed E-state index contributed by atoms with van der Waals surface area (Å²) in [7, 11) is 0. The summed E-state index contributed by atoms with van der Waals surface area (Å²) in [5, 5.41) is 13.7. The first-order chi connectivity index (χ1) is 16.9. The lowest BCUT2D eigenvalue weighted by Crippen LogP contribution is -2.48. The minimum absolute atomic E-state index is 0.0389. The van der Waals surface area contributed by atoms with E-state index in [2.05, 4.69) is 47.3 Å². The molecule has 0 bridgehead atoms. The molecule has 35 heavy (non-hydrogen) atoms. The number of rotatable bonds is 4. The Kier molecular flexibility index (Phi) is 5.96. The zero-order valence-electron chi connectivity index (χ0n) is 20.3. The number of piperazine rings is 1. The number of amides is 1. The summed E-state index contributed by atoms with van der Waals surface area (Å²) in [6, 6.07) is 18.3. The third-order valence-electron chi connectivity index (χ3n) is 6.85. The second-order valence-corrected chi connectivity index (χ2v) is 9.16. The molecule has 7 heteroatoms. The van der Waals surface area contributed by atoms with Crippen molar-refractivity contribution in [3.63, 3.8) is 0 Å². The van der Waals surface area contributed by atoms with Crippen LogP contribution in [-0.4, -0.2) is 51.6 Å². The van der Waals surface area contributed by atoms with Gasteiger partial charge < -0.3 is 9.80 Å². The van der Waals surface area contributed by atoms with E-state index >= 15 is 0 Å². The summed E-state index contributed by atoms with van der Waals surface area (Å²) >= 11 is 0. The van der Waals surface area contributed by atoms with E-state index < -0.39 is 0 Å². The molecule has 0 radical (unpaired) electrons. The maximum absolute atomic E-state index is 13.4. The second kappa shape index (κ2) is 9.22. The topological polar surface area (TPSA) is 77.5 Å². The van der Waals surface area contributed by atoms with Gasteiger partial charge in [-0.1, -0.05) is 35.9 Å². The van der Waals surface area contributed by atoms with Gasteiger partial charge in [-0.25, -0.2) is 9.50 Å². The SMILES string of the molecule is Cc1ccc(Cc2c(C)nc3c(C(=O)N4CCN(c5cccc(C#N)c5)CC4)cnn3c2C)cc1. The number of hydrogen-bond acceptors (Lipinski definition) is 5. The van der Waals surface area contributed by atoms with Gasteiger partial charge in [-0.05, 0) is 50.1 Å². The summed E-state index contributed by atoms with van der Waals surface area (Å²) in [4.78, 5) is 22.3. The number of anilines is 1. The zero-order valence-corrected chi connectivity index (χ0v) is 20.3. The van der Waals surface area contributed by atoms with Gasteiger partial charge in [-0.3, -0.25) is 4.79 Å². The third-order valence-corrected chi connectivity index (χ3v) is 6.85. The lowest BCUT2D eigenvalue weighted by atomic mass is 10.0. The van der Waals surface area contributed by atoms with Gasteiger partial charge in [0.2, 0.25) is 0 Å². The quantitative estimate of drug-likeness (QED) is 0.455. The Labute approximate surface area is 205 Å². The van der Waals surface area contributed by atoms with E-state index in [9.17, 15) is 10.1 Å². The fraction of sp³-hybridized carbons (Fsp3) is 0.286. The van der Waals surface area contributed by atoms with E-state index in [0.717, 1.165) is 29.1 Å². The summed E-state index contributed by atoms with van der Waals surface area (Å²) in [6.07, 6.45) is 2.43. The highest BCUT2D eigenvalue weighted by Gasteiger charge is 2.26. The molecule has 2 aromatic heterocycles. The molecular formula is C28H28N6O. The van der Waals surface area contributed by atoms with Crippen LogP contribution in [0.15, 0.2) is 54.7 Å². The molecule has 0 unspecified atom stereocenters. The highest BCUT2D eigenvalue weighted by molar-refractivity contribution is 5.99. The molecule has 0 spiro atoms. The maximum Gasteiger partial charge on any atom is 0.259 e. The first kappa shape index (κ1) is 22.6. The predicted octanol–water partition coefficient (Wildman–Crippen LogP) is 4.08. The zero-order chi connectivity index (χ0) is 24.5. The van der Waals surface area contributed by atoms with Crippen molar-refractivity contribution in [1.29, 1.82) is 5.26 Å². The van der Waals surface area contributed by atoms with Crippen LogP contribution in [0.5, 0.6) is 0 Å². The molecule has 1 amide bonds. The second-order valence-electron chi connectivity index (χ2n) is 9.16. The van der Waals surface area contributed by atoms with Crippen LogP contribution in [0.2, 0.25) is 0 Å². The molecule has 4 aromatic rings. The fourth-order valence-corrected chi connectivity index (χ4v) is 4.74. The van der Waals surface area contributed by atoms with Crippen molar-refractivity contribution in [2.45, 2.75) is 27.2 Å². The average Bonchev–Trinajstić information content (AvgIpc) is 3.31. The Morgan fingerprint density at radius 2 is 1.77 bits per heavy atom. The van der Waals surface area contributed by atoms with Gasteiger partial charge in [-0.2, -0.15) is 10.4 Å². The lowest BCUT2D eigenvalue weighted by molar-refractivity contribution is 0.0748. The molecule has 1 aliphatic rings. The van der Waals surface area contributed by atoms with Crippen molar-refractivity contribution < 1.29 is 4.79 Å². The van der Waals surface area contributed by atoms with Crippen LogP contribution in [-0.2, 0) is 6.42 Å². The number of carbonyl (C=O) groups is 1. The monoisotopic (exact) mass is 464 g/mol. The summed E-state index contributed by atoms with van der Waals surface area (Å²) in [5.74, 6) is -0.0389. The highest BCUT2D eigenvalue weighted by Crippen LogP contribution is 2.23. The van der Waals surface area contributed by atoms with Gasteiger partial charge in [0.1, 0.15) is 5.56 Å². The van der Waals surface area contributed by atoms with Crippen molar-refractivity contribution in [2.24, 2.45) is 0 Å². The molecule has 0 N–H and O–H groups in total. The fourth-order valence-electron chi connectivity index (χ4n) is 4.74. The number of benzene rings is 2. The molecule has 5 rings (SSSR count). The number of aromatic nitrogens is 3. The Bertz CT molecular complexity index is 1440. The molecule has 1 fully saturated rings. The smallest absolute Gasteiger partial charge is 0.259 e. The standard InChI is InChI=1S/C28H28N6O/c1-19-7-9-22(10-8-19)16-25-20(2)31-27-26(18-30-34(27)21(25)3)28(35)33-13-11-32(12-14-33)24-6-4-5-23(15-24)17-29/h4-10,15,18H,11-14,16H2,1-3H3. The number of nitrogens with zero attached hydrogens (tertiary/aromatic N) is 6. The predicted molar refractivity (Wildman–Crippen MR) is 136 cm³/mol. The molecule has 176 valence electrons. The van der Waals surface area contributed by atoms with E-state index in [1.165, 1.54) is 11.1 Å². The van der Waals surface area contributed by atoms with Crippen LogP contribution >= 0.6 is 0 Å². The number of fused-ring (bicyclic) bond motifs is 1. The average molecular weight is 465 g/mol. The van der Waals surface area contributed by atoms with Crippen LogP contribution in [0.25, 0.3) is 5.65 Å². The number of carbonyl (C=O) groups excluding carboxylic acids is 1. The molecule has 7 nitrogen and oxygen atoms in total. The molecule has 0 saturated carbocycles. The van der Waals surface area contributed by atoms with Crippen molar-refractivity contribution in [3.8, 4) is 6.07 Å². The highest BCUT2D eigenvalue weighted by atomic mass is 16.2. The van der Waals surface area contributed by atoms with Gasteiger partial charge in [0.25, 0.3) is 5.91 Å². The van der Waals surface area contributed by atoms with Gasteiger partial charge in [0.15, 0.2) is 5.65 Å². The Balaban J connectivity index is 1.35. The third kappa shape index (κ3) is 4.35. The van der Waals surface area contributed by atoms with Crippen LogP contribution < -0.4 is 4.90 Å². The summed E-state index contributed by atoms with van der Waals surface area (Å²) in [5.41, 5.74) is 8.34. The molecule has 1 aliphatic heterocycles. The van der Waals surface area contributed by atoms with Crippen molar-refractivity contribution >= 4 is 17.2 Å². The molecule has 2 aromatic carbocycles. The molecular weight excluding hydrogens is 436 g/mol. The van der Waals surface area contributed by atoms with Crippen molar-refractivity contribution in [2.75, 3.05) is 31.1 Å². The van der Waals surface area contributed by atoms with Gasteiger partial charge in [-0.15, -0.1) is 0 Å². The first-order valence-electron chi connectivity index (χ1n) is 11.9. The van der Waals surface area contributed by atoms with E-state index in [0.29, 0.717) is 43.0 Å². The van der Waals surface area contributed by atoms with Crippen LogP contribution in [0.4, 0.5) is 5.69 Å². The van der Waals surface area contributed by atoms with E-state index in [-0.39, 0.29) is 5.91 Å². The van der Waals surface area contributed by atoms with Gasteiger partial charge in [0.05, 0.1) is 17.8 Å². The lowest BCUT2D eigenvalue weighted by Gasteiger charge is -2.36. The summed E-state index contributed by atoms with van der Waals surface area (Å²) in [6.45, 7) is 8.78. The first-order valence-corrected chi connectivity index (χ1v) is 11.9. The normalized spacial score (nSPS) is 13.8. The van der Waals surface area contributed by atoms with Gasteiger partial charge >= 0.3 is 0 Å². The Hall–Kier alpha value is -4.18. The minimum Gasteiger partial charge on any atom is -0.368 e. The van der Waals surface area contributed by atoms with Gasteiger partial charge in [0, 0.05) is 49.7 Å². The molecule has 0 aliphatic carbocycles. The maximum atomic E-state index is 13.4. The van der Waals surface area contributed by atoms with Crippen molar-refractivity contribution in [3.05, 3.63) is 93.9 Å². The Morgan fingerprint density at radius 1 is 1.03 bits per heavy atom. The number of aryl methyl sites for hydroxylation is 3. The van der Waals surface area contributed by atoms with E-state index in [1.807, 2.05) is 36.9 Å². The summed E-state index contributed by atoms with van der Waals surface area (Å²) < 4.78 is 1.80. The molecule has 3 heterocycles. The Morgan fingerprint density at radius 3 is 2.49 bits per heavy atom. The van der Waals surface area contributed by atoms with Crippen LogP contribution in [0.3, 0.4) is 0 Å². The largest absolute Gasteiger partial charge is 0.368 e. The van der Waals surface area contributed by atoms with Crippen LogP contribution in [0.1, 0.15) is 44.0 Å². The molecule has 1 saturated heterocycles. The molecule has 0 atom stereocenters. The van der Waals surface area contributed by atoms with Crippen LogP contribution in [0, 0.1) is 32.1 Å². The van der Waals surface area contributed by atoms with E-state index in [1.54, 1.807) is 16.8 Å². The van der Waals surface area contributed by atoms with E-state index in [4.69, 9.17) is 4.98 Å². The number of nitriles is 1.